The predicted octanol–water partition coefficient (Wildman–Crippen LogP) is 4.44. The molecule has 0 aliphatic heterocycles. The van der Waals surface area contributed by atoms with Gasteiger partial charge in [0.15, 0.2) is 0 Å². The second-order valence-corrected chi connectivity index (χ2v) is 6.53. The molecule has 0 aromatic rings. The first-order valence-corrected chi connectivity index (χ1v) is 6.13. The van der Waals surface area contributed by atoms with Gasteiger partial charge in [0.1, 0.15) is 0 Å². The van der Waals surface area contributed by atoms with Crippen LogP contribution in [0.4, 0.5) is 0 Å². The topological polar surface area (TPSA) is 0 Å². The molecule has 2 rings (SSSR count). The molecule has 0 unspecified atom stereocenters. The van der Waals surface area contributed by atoms with Crippen LogP contribution in [0.5, 0.6) is 0 Å². The van der Waals surface area contributed by atoms with E-state index in [1.165, 1.54) is 18.4 Å². The molecule has 0 bridgehead atoms. The van der Waals surface area contributed by atoms with E-state index in [1.54, 1.807) is 0 Å². The number of fused-ring (bicyclic) bond motifs is 1. The number of hydrogen-bond donors (Lipinski definition) is 0. The molecule has 0 heteroatoms. The van der Waals surface area contributed by atoms with E-state index < -0.39 is 0 Å². The quantitative estimate of drug-likeness (QED) is 0.583. The second kappa shape index (κ2) is 2.99. The molecule has 2 aliphatic rings. The van der Waals surface area contributed by atoms with Crippen molar-refractivity contribution in [1.29, 1.82) is 0 Å². The van der Waals surface area contributed by atoms with Crippen LogP contribution < -0.4 is 0 Å². The van der Waals surface area contributed by atoms with Crippen LogP contribution in [0.3, 0.4) is 0 Å². The van der Waals surface area contributed by atoms with Crippen LogP contribution in [0, 0.1) is 28.6 Å². The van der Waals surface area contributed by atoms with Crippen molar-refractivity contribution in [3.63, 3.8) is 0 Å². The average molecular weight is 204 g/mol. The molecule has 2 aliphatic carbocycles. The highest BCUT2D eigenvalue weighted by Crippen LogP contribution is 2.71. The highest BCUT2D eigenvalue weighted by molar-refractivity contribution is 5.24. The lowest BCUT2D eigenvalue weighted by molar-refractivity contribution is 0.187. The van der Waals surface area contributed by atoms with Gasteiger partial charge in [-0.2, -0.15) is 0 Å². The van der Waals surface area contributed by atoms with Gasteiger partial charge in [0.2, 0.25) is 0 Å². The molecule has 0 nitrogen and oxygen atoms in total. The van der Waals surface area contributed by atoms with Crippen molar-refractivity contribution in [2.45, 2.75) is 40.5 Å². The summed E-state index contributed by atoms with van der Waals surface area (Å²) < 4.78 is 0. The van der Waals surface area contributed by atoms with E-state index in [1.807, 2.05) is 0 Å². The summed E-state index contributed by atoms with van der Waals surface area (Å²) in [5.41, 5.74) is 2.20. The van der Waals surface area contributed by atoms with Crippen molar-refractivity contribution in [1.82, 2.24) is 0 Å². The Hall–Kier alpha value is -0.520. The van der Waals surface area contributed by atoms with Crippen molar-refractivity contribution in [2.75, 3.05) is 0 Å². The predicted molar refractivity (Wildman–Crippen MR) is 66.6 cm³/mol. The van der Waals surface area contributed by atoms with Crippen LogP contribution in [0.2, 0.25) is 0 Å². The SMILES string of the molecule is C=C[C@]1(C)CC[C@H]2[C@H]([C@H]1C(=C)C)C2(C)C. The summed E-state index contributed by atoms with van der Waals surface area (Å²) in [6, 6.07) is 0. The zero-order valence-corrected chi connectivity index (χ0v) is 10.6. The first kappa shape index (κ1) is 11.0. The fourth-order valence-corrected chi connectivity index (χ4v) is 4.13. The molecule has 0 saturated heterocycles. The summed E-state index contributed by atoms with van der Waals surface area (Å²) >= 11 is 0. The third-order valence-electron chi connectivity index (χ3n) is 5.20. The van der Waals surface area contributed by atoms with Gasteiger partial charge in [0.25, 0.3) is 0 Å². The van der Waals surface area contributed by atoms with Crippen LogP contribution in [-0.2, 0) is 0 Å². The van der Waals surface area contributed by atoms with Crippen molar-refractivity contribution in [3.05, 3.63) is 24.8 Å². The van der Waals surface area contributed by atoms with E-state index in [-0.39, 0.29) is 0 Å². The fraction of sp³-hybridized carbons (Fsp3) is 0.733. The van der Waals surface area contributed by atoms with Crippen LogP contribution in [0.15, 0.2) is 24.8 Å². The first-order chi connectivity index (χ1) is 6.84. The van der Waals surface area contributed by atoms with Gasteiger partial charge in [-0.25, -0.2) is 0 Å². The van der Waals surface area contributed by atoms with E-state index in [0.29, 0.717) is 16.7 Å². The molecule has 4 atom stereocenters. The Morgan fingerprint density at radius 1 is 1.33 bits per heavy atom. The largest absolute Gasteiger partial charge is 0.103 e. The number of hydrogen-bond acceptors (Lipinski definition) is 0. The standard InChI is InChI=1S/C15H24/c1-7-15(6)9-8-11-13(14(11,4)5)12(15)10(2)3/h7,11-13H,1-2,8-9H2,3-6H3/t11-,12+,13+,15+/m0/s1. The fourth-order valence-electron chi connectivity index (χ4n) is 4.13. The molecule has 0 heterocycles. The molecule has 0 N–H and O–H groups in total. The van der Waals surface area contributed by atoms with E-state index in [4.69, 9.17) is 0 Å². The summed E-state index contributed by atoms with van der Waals surface area (Å²) in [4.78, 5) is 0. The number of rotatable bonds is 2. The monoisotopic (exact) mass is 204 g/mol. The van der Waals surface area contributed by atoms with Gasteiger partial charge in [0.05, 0.1) is 0 Å². The van der Waals surface area contributed by atoms with Gasteiger partial charge in [-0.15, -0.1) is 6.58 Å². The Morgan fingerprint density at radius 3 is 2.40 bits per heavy atom. The van der Waals surface area contributed by atoms with Crippen molar-refractivity contribution in [2.24, 2.45) is 28.6 Å². The molecular weight excluding hydrogens is 180 g/mol. The summed E-state index contributed by atoms with van der Waals surface area (Å²) in [6.45, 7) is 17.7. The molecule has 0 amide bonds. The average Bonchev–Trinajstić information content (AvgIpc) is 2.68. The minimum absolute atomic E-state index is 0.292. The Bertz CT molecular complexity index is 310. The summed E-state index contributed by atoms with van der Waals surface area (Å²) in [6.07, 6.45) is 4.85. The lowest BCUT2D eigenvalue weighted by Gasteiger charge is -2.40. The van der Waals surface area contributed by atoms with Gasteiger partial charge in [-0.3, -0.25) is 0 Å². The van der Waals surface area contributed by atoms with Gasteiger partial charge in [-0.05, 0) is 48.3 Å². The maximum absolute atomic E-state index is 4.22. The van der Waals surface area contributed by atoms with Crippen molar-refractivity contribution >= 4 is 0 Å². The molecule has 2 saturated carbocycles. The third-order valence-corrected chi connectivity index (χ3v) is 5.20. The molecule has 0 aromatic carbocycles. The molecular formula is C15H24. The maximum atomic E-state index is 4.22. The molecule has 0 spiro atoms. The Labute approximate surface area is 94.5 Å². The Kier molecular flexibility index (Phi) is 2.19. The van der Waals surface area contributed by atoms with E-state index in [9.17, 15) is 0 Å². The summed E-state index contributed by atoms with van der Waals surface area (Å²) in [5, 5.41) is 0. The van der Waals surface area contributed by atoms with Gasteiger partial charge >= 0.3 is 0 Å². The zero-order valence-electron chi connectivity index (χ0n) is 10.6. The van der Waals surface area contributed by atoms with E-state index in [0.717, 1.165) is 11.8 Å². The van der Waals surface area contributed by atoms with E-state index in [2.05, 4.69) is 46.9 Å². The second-order valence-electron chi connectivity index (χ2n) is 6.53. The third kappa shape index (κ3) is 1.33. The highest BCUT2D eigenvalue weighted by atomic mass is 14.7. The van der Waals surface area contributed by atoms with Crippen molar-refractivity contribution < 1.29 is 0 Å². The smallest absolute Gasteiger partial charge is 0.00809 e. The molecule has 84 valence electrons. The summed E-state index contributed by atoms with van der Waals surface area (Å²) in [7, 11) is 0. The zero-order chi connectivity index (χ0) is 11.4. The normalized spacial score (nSPS) is 46.8. The lowest BCUT2D eigenvalue weighted by Crippen LogP contribution is -2.31. The Balaban J connectivity index is 2.34. The highest BCUT2D eigenvalue weighted by Gasteiger charge is 2.65. The summed E-state index contributed by atoms with van der Waals surface area (Å²) in [5.74, 6) is 2.45. The minimum atomic E-state index is 0.292. The molecule has 2 fully saturated rings. The lowest BCUT2D eigenvalue weighted by atomic mass is 9.65. The van der Waals surface area contributed by atoms with Crippen molar-refractivity contribution in [3.8, 4) is 0 Å². The van der Waals surface area contributed by atoms with Gasteiger partial charge in [0, 0.05) is 0 Å². The maximum Gasteiger partial charge on any atom is -0.00809 e. The van der Waals surface area contributed by atoms with E-state index >= 15 is 0 Å². The van der Waals surface area contributed by atoms with Crippen LogP contribution in [0.25, 0.3) is 0 Å². The van der Waals surface area contributed by atoms with Crippen LogP contribution in [0.1, 0.15) is 40.5 Å². The van der Waals surface area contributed by atoms with Crippen LogP contribution >= 0.6 is 0 Å². The molecule has 0 aromatic heterocycles. The van der Waals surface area contributed by atoms with Crippen LogP contribution in [-0.4, -0.2) is 0 Å². The molecule has 0 radical (unpaired) electrons. The van der Waals surface area contributed by atoms with Gasteiger partial charge < -0.3 is 0 Å². The number of allylic oxidation sites excluding steroid dienone is 2. The first-order valence-electron chi connectivity index (χ1n) is 6.13. The Morgan fingerprint density at radius 2 is 1.93 bits per heavy atom. The molecule has 15 heavy (non-hydrogen) atoms. The van der Waals surface area contributed by atoms with Gasteiger partial charge in [-0.1, -0.05) is 39.0 Å². The minimum Gasteiger partial charge on any atom is -0.103 e.